The van der Waals surface area contributed by atoms with Crippen LogP contribution in [0.1, 0.15) is 5.69 Å². The molecule has 0 unspecified atom stereocenters. The lowest BCUT2D eigenvalue weighted by Crippen LogP contribution is -2.15. The Balaban J connectivity index is 2.71. The maximum Gasteiger partial charge on any atom is 0.268 e. The second kappa shape index (κ2) is 3.70. The molecule has 0 atom stereocenters. The number of aromatic nitrogens is 2. The molecule has 17 heavy (non-hydrogen) atoms. The maximum atomic E-state index is 12.3. The number of benzene rings is 1. The first-order valence-corrected chi connectivity index (χ1v) is 6.47. The van der Waals surface area contributed by atoms with Crippen molar-refractivity contribution in [3.05, 3.63) is 43.6 Å². The van der Waals surface area contributed by atoms with Gasteiger partial charge >= 0.3 is 0 Å². The fourth-order valence-electron chi connectivity index (χ4n) is 1.78. The summed E-state index contributed by atoms with van der Waals surface area (Å²) in [6, 6.07) is 3.26. The lowest BCUT2D eigenvalue weighted by molar-refractivity contribution is 1.05. The Morgan fingerprint density at radius 2 is 2.00 bits per heavy atom. The smallest absolute Gasteiger partial charge is 0.268 e. The molecule has 86 valence electrons. The Morgan fingerprint density at radius 1 is 1.29 bits per heavy atom. The lowest BCUT2D eigenvalue weighted by Gasteiger charge is -2.03. The predicted octanol–water partition coefficient (Wildman–Crippen LogP) is 3.52. The summed E-state index contributed by atoms with van der Waals surface area (Å²) in [5, 5.41) is 3.07. The lowest BCUT2D eigenvalue weighted by atomic mass is 10.2. The molecule has 0 saturated heterocycles. The zero-order valence-electron chi connectivity index (χ0n) is 8.70. The topological polar surface area (TPSA) is 34.4 Å². The first-order chi connectivity index (χ1) is 8.09. The van der Waals surface area contributed by atoms with Crippen LogP contribution in [0.25, 0.3) is 15.9 Å². The molecule has 0 aliphatic heterocycles. The van der Waals surface area contributed by atoms with E-state index in [2.05, 4.69) is 4.98 Å². The van der Waals surface area contributed by atoms with Gasteiger partial charge in [-0.3, -0.25) is 9.20 Å². The van der Waals surface area contributed by atoms with Crippen LogP contribution in [0.4, 0.5) is 0 Å². The summed E-state index contributed by atoms with van der Waals surface area (Å²) in [5.41, 5.74) is 1.14. The molecule has 0 radical (unpaired) electrons. The molecule has 6 heteroatoms. The number of nitrogens with zero attached hydrogens (tertiary/aromatic N) is 2. The molecule has 3 rings (SSSR count). The zero-order valence-corrected chi connectivity index (χ0v) is 11.0. The van der Waals surface area contributed by atoms with E-state index >= 15 is 0 Å². The summed E-state index contributed by atoms with van der Waals surface area (Å²) in [6.07, 6.45) is 0. The van der Waals surface area contributed by atoms with Crippen molar-refractivity contribution in [1.82, 2.24) is 9.38 Å². The van der Waals surface area contributed by atoms with E-state index in [1.54, 1.807) is 16.5 Å². The summed E-state index contributed by atoms with van der Waals surface area (Å²) in [6.45, 7) is 1.86. The van der Waals surface area contributed by atoms with Gasteiger partial charge < -0.3 is 0 Å². The Hall–Kier alpha value is -1.10. The van der Waals surface area contributed by atoms with E-state index in [1.807, 2.05) is 12.3 Å². The Labute approximate surface area is 110 Å². The van der Waals surface area contributed by atoms with Gasteiger partial charge in [0.25, 0.3) is 5.56 Å². The monoisotopic (exact) mass is 284 g/mol. The van der Waals surface area contributed by atoms with Gasteiger partial charge in [-0.2, -0.15) is 0 Å². The molecule has 2 heterocycles. The third kappa shape index (κ3) is 1.48. The van der Waals surface area contributed by atoms with Crippen LogP contribution in [0.15, 0.2) is 22.3 Å². The molecule has 0 spiro atoms. The van der Waals surface area contributed by atoms with Crippen molar-refractivity contribution in [2.24, 2.45) is 0 Å². The van der Waals surface area contributed by atoms with Crippen LogP contribution in [-0.2, 0) is 0 Å². The SMILES string of the molecule is Cc1csc2nc3c(Cl)ccc(Cl)c3c(=O)n12. The van der Waals surface area contributed by atoms with Gasteiger partial charge in [0.2, 0.25) is 0 Å². The van der Waals surface area contributed by atoms with Crippen LogP contribution in [-0.4, -0.2) is 9.38 Å². The van der Waals surface area contributed by atoms with Crippen molar-refractivity contribution in [3.8, 4) is 0 Å². The molecule has 0 fully saturated rings. The molecular weight excluding hydrogens is 279 g/mol. The van der Waals surface area contributed by atoms with Crippen LogP contribution in [0.2, 0.25) is 10.0 Å². The maximum absolute atomic E-state index is 12.3. The number of hydrogen-bond acceptors (Lipinski definition) is 3. The predicted molar refractivity (Wildman–Crippen MR) is 71.6 cm³/mol. The Bertz CT molecular complexity index is 806. The molecule has 0 saturated carbocycles. The minimum atomic E-state index is -0.170. The highest BCUT2D eigenvalue weighted by Crippen LogP contribution is 2.27. The van der Waals surface area contributed by atoms with Crippen LogP contribution < -0.4 is 5.56 Å². The molecular formula is C11H6Cl2N2OS. The van der Waals surface area contributed by atoms with E-state index in [0.29, 0.717) is 25.9 Å². The molecule has 3 aromatic rings. The van der Waals surface area contributed by atoms with E-state index in [9.17, 15) is 4.79 Å². The molecule has 0 aliphatic rings. The quantitative estimate of drug-likeness (QED) is 0.633. The van der Waals surface area contributed by atoms with Crippen LogP contribution >= 0.6 is 34.5 Å². The fraction of sp³-hybridized carbons (Fsp3) is 0.0909. The van der Waals surface area contributed by atoms with Crippen LogP contribution in [0.5, 0.6) is 0 Å². The second-order valence-corrected chi connectivity index (χ2v) is 5.32. The number of thiazole rings is 1. The highest BCUT2D eigenvalue weighted by atomic mass is 35.5. The average molecular weight is 285 g/mol. The number of fused-ring (bicyclic) bond motifs is 2. The van der Waals surface area contributed by atoms with Crippen molar-refractivity contribution in [1.29, 1.82) is 0 Å². The van der Waals surface area contributed by atoms with Crippen molar-refractivity contribution in [2.45, 2.75) is 6.92 Å². The number of halogens is 2. The summed E-state index contributed by atoms with van der Waals surface area (Å²) >= 11 is 13.5. The van der Waals surface area contributed by atoms with Crippen LogP contribution in [0, 0.1) is 6.92 Å². The van der Waals surface area contributed by atoms with Gasteiger partial charge in [0, 0.05) is 11.1 Å². The minimum Gasteiger partial charge on any atom is -0.268 e. The van der Waals surface area contributed by atoms with Gasteiger partial charge in [0.1, 0.15) is 0 Å². The first kappa shape index (κ1) is 11.0. The van der Waals surface area contributed by atoms with Crippen molar-refractivity contribution in [2.75, 3.05) is 0 Å². The standard InChI is InChI=1S/C11H6Cl2N2OS/c1-5-4-17-11-14-9-7(13)3-2-6(12)8(9)10(16)15(5)11/h2-4H,1H3. The minimum absolute atomic E-state index is 0.170. The fourth-order valence-corrected chi connectivity index (χ4v) is 3.07. The summed E-state index contributed by atoms with van der Waals surface area (Å²) in [5.74, 6) is 0. The molecule has 0 aliphatic carbocycles. The molecule has 2 aromatic heterocycles. The van der Waals surface area contributed by atoms with E-state index in [1.165, 1.54) is 11.3 Å². The highest BCUT2D eigenvalue weighted by molar-refractivity contribution is 7.15. The van der Waals surface area contributed by atoms with E-state index in [4.69, 9.17) is 23.2 Å². The van der Waals surface area contributed by atoms with Gasteiger partial charge in [-0.05, 0) is 19.1 Å². The number of aryl methyl sites for hydroxylation is 1. The third-order valence-corrected chi connectivity index (χ3v) is 4.14. The molecule has 0 bridgehead atoms. The third-order valence-electron chi connectivity index (χ3n) is 2.58. The average Bonchev–Trinajstić information content (AvgIpc) is 2.66. The molecule has 1 aromatic carbocycles. The summed E-state index contributed by atoms with van der Waals surface area (Å²) in [4.78, 5) is 17.3. The van der Waals surface area contributed by atoms with E-state index in [0.717, 1.165) is 5.69 Å². The van der Waals surface area contributed by atoms with E-state index < -0.39 is 0 Å². The van der Waals surface area contributed by atoms with Gasteiger partial charge in [0.15, 0.2) is 4.96 Å². The van der Waals surface area contributed by atoms with Crippen molar-refractivity contribution in [3.63, 3.8) is 0 Å². The largest absolute Gasteiger partial charge is 0.268 e. The van der Waals surface area contributed by atoms with Crippen molar-refractivity contribution < 1.29 is 0 Å². The van der Waals surface area contributed by atoms with Crippen LogP contribution in [0.3, 0.4) is 0 Å². The summed E-state index contributed by atoms with van der Waals surface area (Å²) in [7, 11) is 0. The normalized spacial score (nSPS) is 11.5. The number of rotatable bonds is 0. The molecule has 0 amide bonds. The van der Waals surface area contributed by atoms with E-state index in [-0.39, 0.29) is 5.56 Å². The van der Waals surface area contributed by atoms with Gasteiger partial charge in [-0.1, -0.05) is 23.2 Å². The highest BCUT2D eigenvalue weighted by Gasteiger charge is 2.13. The van der Waals surface area contributed by atoms with Crippen molar-refractivity contribution >= 4 is 50.4 Å². The van der Waals surface area contributed by atoms with Gasteiger partial charge in [-0.25, -0.2) is 4.98 Å². The van der Waals surface area contributed by atoms with Gasteiger partial charge in [0.05, 0.1) is 20.9 Å². The zero-order chi connectivity index (χ0) is 12.2. The summed E-state index contributed by atoms with van der Waals surface area (Å²) < 4.78 is 1.55. The Kier molecular flexibility index (Phi) is 2.40. The van der Waals surface area contributed by atoms with Gasteiger partial charge in [-0.15, -0.1) is 11.3 Å². The Morgan fingerprint density at radius 3 is 2.76 bits per heavy atom. The molecule has 3 nitrogen and oxygen atoms in total. The first-order valence-electron chi connectivity index (χ1n) is 4.84. The molecule has 0 N–H and O–H groups in total. The number of hydrogen-bond donors (Lipinski definition) is 0. The second-order valence-electron chi connectivity index (χ2n) is 3.66.